The standard InChI is InChI=1S/C10H11BN2O6/c14-5-9(10(6-15)13(18)19)12-8-4-2-1-3-7(8)11(16)17/h1-6,9-10,12,16-17H. The predicted molar refractivity (Wildman–Crippen MR) is 66.6 cm³/mol. The molecule has 3 N–H and O–H groups in total. The van der Waals surface area contributed by atoms with Gasteiger partial charge in [-0.15, -0.1) is 0 Å². The van der Waals surface area contributed by atoms with Gasteiger partial charge in [-0.1, -0.05) is 18.2 Å². The number of hydrogen-bond donors (Lipinski definition) is 3. The highest BCUT2D eigenvalue weighted by Gasteiger charge is 2.31. The quantitative estimate of drug-likeness (QED) is 0.229. The summed E-state index contributed by atoms with van der Waals surface area (Å²) in [5.74, 6) is 0. The first-order chi connectivity index (χ1) is 9.01. The van der Waals surface area contributed by atoms with Gasteiger partial charge in [0.05, 0.1) is 0 Å². The Labute approximate surface area is 108 Å². The van der Waals surface area contributed by atoms with Crippen LogP contribution in [0.25, 0.3) is 0 Å². The second kappa shape index (κ2) is 6.62. The molecule has 2 atom stereocenters. The second-order valence-corrected chi connectivity index (χ2v) is 3.68. The molecule has 0 saturated heterocycles. The number of carbonyl (C=O) groups is 2. The maximum absolute atomic E-state index is 10.8. The van der Waals surface area contributed by atoms with Crippen LogP contribution in [0.3, 0.4) is 0 Å². The van der Waals surface area contributed by atoms with Crippen molar-refractivity contribution < 1.29 is 24.6 Å². The van der Waals surface area contributed by atoms with E-state index in [-0.39, 0.29) is 23.7 Å². The van der Waals surface area contributed by atoms with Gasteiger partial charge >= 0.3 is 7.12 Å². The number of aldehydes is 2. The summed E-state index contributed by atoms with van der Waals surface area (Å²) in [6, 6.07) is 2.71. The maximum atomic E-state index is 10.8. The van der Waals surface area contributed by atoms with Crippen molar-refractivity contribution in [3.8, 4) is 0 Å². The fraction of sp³-hybridized carbons (Fsp3) is 0.200. The van der Waals surface area contributed by atoms with E-state index in [1.807, 2.05) is 0 Å². The van der Waals surface area contributed by atoms with E-state index >= 15 is 0 Å². The molecular formula is C10H11BN2O6. The molecular weight excluding hydrogens is 255 g/mol. The summed E-state index contributed by atoms with van der Waals surface area (Å²) >= 11 is 0. The minimum absolute atomic E-state index is 0.0438. The van der Waals surface area contributed by atoms with Gasteiger partial charge in [0.1, 0.15) is 6.29 Å². The second-order valence-electron chi connectivity index (χ2n) is 3.68. The number of nitrogens with zero attached hydrogens (tertiary/aromatic N) is 1. The summed E-state index contributed by atoms with van der Waals surface area (Å²) in [6.07, 6.45) is 0.270. The topological polar surface area (TPSA) is 130 Å². The number of anilines is 1. The van der Waals surface area contributed by atoms with Crippen LogP contribution < -0.4 is 10.8 Å². The SMILES string of the molecule is O=CC(Nc1ccccc1B(O)O)C(C=O)[N+](=O)[O-]. The van der Waals surface area contributed by atoms with Crippen LogP contribution in [0.5, 0.6) is 0 Å². The normalized spacial score (nSPS) is 13.2. The summed E-state index contributed by atoms with van der Waals surface area (Å²) in [5.41, 5.74) is 0.172. The van der Waals surface area contributed by atoms with Gasteiger partial charge in [0.25, 0.3) is 6.04 Å². The van der Waals surface area contributed by atoms with Crippen LogP contribution in [0.15, 0.2) is 24.3 Å². The van der Waals surface area contributed by atoms with Gasteiger partial charge in [0.15, 0.2) is 12.3 Å². The van der Waals surface area contributed by atoms with E-state index in [0.717, 1.165) is 0 Å². The number of benzene rings is 1. The van der Waals surface area contributed by atoms with E-state index in [1.165, 1.54) is 24.3 Å². The van der Waals surface area contributed by atoms with Crippen molar-refractivity contribution in [3.63, 3.8) is 0 Å². The third-order valence-corrected chi connectivity index (χ3v) is 2.46. The number of rotatable bonds is 7. The fourth-order valence-corrected chi connectivity index (χ4v) is 1.50. The van der Waals surface area contributed by atoms with Gasteiger partial charge < -0.3 is 20.2 Å². The molecule has 0 bridgehead atoms. The molecule has 0 aliphatic rings. The van der Waals surface area contributed by atoms with Crippen molar-refractivity contribution in [2.24, 2.45) is 0 Å². The average molecular weight is 266 g/mol. The maximum Gasteiger partial charge on any atom is 0.490 e. The summed E-state index contributed by atoms with van der Waals surface area (Å²) in [5, 5.41) is 31.3. The van der Waals surface area contributed by atoms with Crippen molar-refractivity contribution in [1.82, 2.24) is 0 Å². The lowest BCUT2D eigenvalue weighted by Gasteiger charge is -2.17. The van der Waals surface area contributed by atoms with Gasteiger partial charge in [-0.3, -0.25) is 14.9 Å². The van der Waals surface area contributed by atoms with E-state index < -0.39 is 24.1 Å². The Morgan fingerprint density at radius 2 is 1.89 bits per heavy atom. The molecule has 19 heavy (non-hydrogen) atoms. The molecule has 0 aliphatic carbocycles. The molecule has 1 aromatic carbocycles. The van der Waals surface area contributed by atoms with Crippen molar-refractivity contribution in [2.75, 3.05) is 5.32 Å². The number of hydrogen-bond acceptors (Lipinski definition) is 7. The van der Waals surface area contributed by atoms with Gasteiger partial charge in [0, 0.05) is 16.1 Å². The third-order valence-electron chi connectivity index (χ3n) is 2.46. The molecule has 0 fully saturated rings. The molecule has 9 heteroatoms. The lowest BCUT2D eigenvalue weighted by Crippen LogP contribution is -2.44. The Hall–Kier alpha value is -2.26. The minimum Gasteiger partial charge on any atom is -0.423 e. The first-order valence-corrected chi connectivity index (χ1v) is 5.27. The molecule has 8 nitrogen and oxygen atoms in total. The lowest BCUT2D eigenvalue weighted by atomic mass is 9.79. The highest BCUT2D eigenvalue weighted by molar-refractivity contribution is 6.60. The Morgan fingerprint density at radius 1 is 1.26 bits per heavy atom. The van der Waals surface area contributed by atoms with Crippen LogP contribution in [0.2, 0.25) is 0 Å². The Kier molecular flexibility index (Phi) is 5.16. The van der Waals surface area contributed by atoms with Crippen LogP contribution in [-0.2, 0) is 9.59 Å². The number of nitrogens with one attached hydrogen (secondary N) is 1. The Balaban J connectivity index is 3.02. The zero-order valence-corrected chi connectivity index (χ0v) is 9.67. The van der Waals surface area contributed by atoms with E-state index in [9.17, 15) is 19.7 Å². The average Bonchev–Trinajstić information content (AvgIpc) is 2.38. The molecule has 0 aromatic heterocycles. The largest absolute Gasteiger partial charge is 0.490 e. The zero-order valence-electron chi connectivity index (χ0n) is 9.67. The summed E-state index contributed by atoms with van der Waals surface area (Å²) < 4.78 is 0. The van der Waals surface area contributed by atoms with Crippen LogP contribution in [0.1, 0.15) is 0 Å². The molecule has 0 amide bonds. The van der Waals surface area contributed by atoms with E-state index in [4.69, 9.17) is 10.0 Å². The fourth-order valence-electron chi connectivity index (χ4n) is 1.50. The summed E-state index contributed by atoms with van der Waals surface area (Å²) in [7, 11) is -1.80. The molecule has 2 unspecified atom stereocenters. The van der Waals surface area contributed by atoms with Gasteiger partial charge in [-0.05, 0) is 6.07 Å². The minimum atomic E-state index is -1.80. The van der Waals surface area contributed by atoms with Gasteiger partial charge in [-0.2, -0.15) is 0 Å². The van der Waals surface area contributed by atoms with Crippen LogP contribution in [-0.4, -0.2) is 46.7 Å². The molecule has 0 aliphatic heterocycles. The van der Waals surface area contributed by atoms with E-state index in [0.29, 0.717) is 0 Å². The Morgan fingerprint density at radius 3 is 2.37 bits per heavy atom. The molecule has 0 radical (unpaired) electrons. The monoisotopic (exact) mass is 266 g/mol. The zero-order chi connectivity index (χ0) is 14.4. The van der Waals surface area contributed by atoms with Crippen LogP contribution >= 0.6 is 0 Å². The van der Waals surface area contributed by atoms with E-state index in [1.54, 1.807) is 0 Å². The number of para-hydroxylation sites is 1. The first-order valence-electron chi connectivity index (χ1n) is 5.27. The van der Waals surface area contributed by atoms with Crippen LogP contribution in [0, 0.1) is 10.1 Å². The molecule has 0 heterocycles. The van der Waals surface area contributed by atoms with Crippen molar-refractivity contribution >= 4 is 30.8 Å². The highest BCUT2D eigenvalue weighted by atomic mass is 16.6. The first kappa shape index (κ1) is 14.8. The highest BCUT2D eigenvalue weighted by Crippen LogP contribution is 2.08. The van der Waals surface area contributed by atoms with E-state index in [2.05, 4.69) is 5.32 Å². The van der Waals surface area contributed by atoms with Gasteiger partial charge in [-0.25, -0.2) is 0 Å². The molecule has 1 rings (SSSR count). The van der Waals surface area contributed by atoms with Crippen molar-refractivity contribution in [2.45, 2.75) is 12.1 Å². The summed E-state index contributed by atoms with van der Waals surface area (Å²) in [6.45, 7) is 0. The smallest absolute Gasteiger partial charge is 0.423 e. The van der Waals surface area contributed by atoms with Crippen molar-refractivity contribution in [1.29, 1.82) is 0 Å². The van der Waals surface area contributed by atoms with Crippen molar-refractivity contribution in [3.05, 3.63) is 34.4 Å². The molecule has 0 saturated carbocycles. The molecule has 0 spiro atoms. The van der Waals surface area contributed by atoms with Gasteiger partial charge in [0.2, 0.25) is 0 Å². The predicted octanol–water partition coefficient (Wildman–Crippen LogP) is -1.81. The number of nitro groups is 1. The Bertz CT molecular complexity index is 481. The van der Waals surface area contributed by atoms with Crippen LogP contribution in [0.4, 0.5) is 5.69 Å². The summed E-state index contributed by atoms with van der Waals surface area (Å²) in [4.78, 5) is 31.2. The molecule has 1 aromatic rings. The molecule has 100 valence electrons. The number of carbonyl (C=O) groups excluding carboxylic acids is 2. The lowest BCUT2D eigenvalue weighted by molar-refractivity contribution is -0.504. The third kappa shape index (κ3) is 3.60.